The molecule has 2 heterocycles. The molecule has 2 aliphatic rings. The van der Waals surface area contributed by atoms with Crippen molar-refractivity contribution < 1.29 is 14.6 Å². The van der Waals surface area contributed by atoms with E-state index >= 15 is 0 Å². The summed E-state index contributed by atoms with van der Waals surface area (Å²) in [6.07, 6.45) is 7.58. The summed E-state index contributed by atoms with van der Waals surface area (Å²) in [6.45, 7) is 5.02. The maximum atomic E-state index is 13.4. The predicted octanol–water partition coefficient (Wildman–Crippen LogP) is 3.19. The van der Waals surface area contributed by atoms with Crippen LogP contribution in [0, 0.1) is 5.92 Å². The first-order valence-electron chi connectivity index (χ1n) is 13.0. The van der Waals surface area contributed by atoms with E-state index in [1.807, 2.05) is 42.2 Å². The SMILES string of the molecule is COc1c(C(=O)NCC2CCCCC2O)cc(CN2CCN(c3cnn(C)c3)CC2)c2ccccc12. The fourth-order valence-corrected chi connectivity index (χ4v) is 5.67. The van der Waals surface area contributed by atoms with Crippen molar-refractivity contribution >= 4 is 22.4 Å². The molecule has 1 aromatic heterocycles. The highest BCUT2D eigenvalue weighted by Crippen LogP contribution is 2.34. The second kappa shape index (κ2) is 10.9. The van der Waals surface area contributed by atoms with Gasteiger partial charge in [0.2, 0.25) is 0 Å². The van der Waals surface area contributed by atoms with Crippen LogP contribution in [0.3, 0.4) is 0 Å². The molecule has 1 aliphatic carbocycles. The number of anilines is 1. The van der Waals surface area contributed by atoms with Gasteiger partial charge < -0.3 is 20.1 Å². The summed E-state index contributed by atoms with van der Waals surface area (Å²) < 4.78 is 7.60. The molecule has 1 saturated carbocycles. The number of carbonyl (C=O) groups is 1. The molecule has 0 radical (unpaired) electrons. The van der Waals surface area contributed by atoms with Crippen molar-refractivity contribution in [3.63, 3.8) is 0 Å². The van der Waals surface area contributed by atoms with Crippen LogP contribution in [0.4, 0.5) is 5.69 Å². The van der Waals surface area contributed by atoms with E-state index < -0.39 is 0 Å². The van der Waals surface area contributed by atoms with E-state index in [9.17, 15) is 9.90 Å². The van der Waals surface area contributed by atoms with E-state index in [4.69, 9.17) is 4.74 Å². The van der Waals surface area contributed by atoms with Gasteiger partial charge in [-0.2, -0.15) is 5.10 Å². The van der Waals surface area contributed by atoms with Crippen molar-refractivity contribution in [1.29, 1.82) is 0 Å². The van der Waals surface area contributed by atoms with Crippen molar-refractivity contribution in [2.75, 3.05) is 44.7 Å². The first kappa shape index (κ1) is 24.6. The molecule has 1 amide bonds. The predicted molar refractivity (Wildman–Crippen MR) is 141 cm³/mol. The zero-order chi connectivity index (χ0) is 25.1. The van der Waals surface area contributed by atoms with Gasteiger partial charge in [0.15, 0.2) is 0 Å². The van der Waals surface area contributed by atoms with Gasteiger partial charge in [-0.1, -0.05) is 37.1 Å². The number of ether oxygens (including phenoxy) is 1. The van der Waals surface area contributed by atoms with Crippen LogP contribution in [0.2, 0.25) is 0 Å². The van der Waals surface area contributed by atoms with Gasteiger partial charge in [0, 0.05) is 63.8 Å². The Labute approximate surface area is 212 Å². The van der Waals surface area contributed by atoms with Crippen molar-refractivity contribution in [3.8, 4) is 5.75 Å². The second-order valence-electron chi connectivity index (χ2n) is 10.1. The number of nitrogens with zero attached hydrogens (tertiary/aromatic N) is 4. The zero-order valence-corrected chi connectivity index (χ0v) is 21.3. The van der Waals surface area contributed by atoms with Crippen LogP contribution in [0.1, 0.15) is 41.6 Å². The summed E-state index contributed by atoms with van der Waals surface area (Å²) >= 11 is 0. The summed E-state index contributed by atoms with van der Waals surface area (Å²) in [5.74, 6) is 0.584. The Hall–Kier alpha value is -3.10. The Morgan fingerprint density at radius 3 is 2.58 bits per heavy atom. The highest BCUT2D eigenvalue weighted by atomic mass is 16.5. The molecule has 2 atom stereocenters. The Balaban J connectivity index is 1.34. The quantitative estimate of drug-likeness (QED) is 0.528. The van der Waals surface area contributed by atoms with E-state index in [2.05, 4.69) is 32.5 Å². The van der Waals surface area contributed by atoms with Crippen LogP contribution < -0.4 is 15.0 Å². The number of nitrogens with one attached hydrogen (secondary N) is 1. The molecule has 3 aromatic rings. The molecule has 0 spiro atoms. The maximum absolute atomic E-state index is 13.4. The molecule has 8 heteroatoms. The summed E-state index contributed by atoms with van der Waals surface area (Å²) in [4.78, 5) is 18.2. The summed E-state index contributed by atoms with van der Waals surface area (Å²) in [6, 6.07) is 10.2. The number of benzene rings is 2. The van der Waals surface area contributed by atoms with Crippen LogP contribution in [0.25, 0.3) is 10.8 Å². The van der Waals surface area contributed by atoms with Gasteiger partial charge in [-0.3, -0.25) is 14.4 Å². The highest BCUT2D eigenvalue weighted by molar-refractivity contribution is 6.05. The maximum Gasteiger partial charge on any atom is 0.255 e. The number of aryl methyl sites for hydroxylation is 1. The van der Waals surface area contributed by atoms with Gasteiger partial charge in [-0.05, 0) is 29.9 Å². The number of methoxy groups -OCH3 is 1. The van der Waals surface area contributed by atoms with E-state index in [-0.39, 0.29) is 17.9 Å². The van der Waals surface area contributed by atoms with Crippen molar-refractivity contribution in [3.05, 3.63) is 53.9 Å². The number of rotatable bonds is 7. The number of aliphatic hydroxyl groups is 1. The fourth-order valence-electron chi connectivity index (χ4n) is 5.67. The lowest BCUT2D eigenvalue weighted by molar-refractivity contribution is 0.0662. The minimum atomic E-state index is -0.335. The molecule has 2 N–H and O–H groups in total. The lowest BCUT2D eigenvalue weighted by Gasteiger charge is -2.35. The zero-order valence-electron chi connectivity index (χ0n) is 21.3. The van der Waals surface area contributed by atoms with Crippen LogP contribution in [0.15, 0.2) is 42.7 Å². The molecule has 0 bridgehead atoms. The first-order valence-corrected chi connectivity index (χ1v) is 13.0. The van der Waals surface area contributed by atoms with Crippen molar-refractivity contribution in [2.24, 2.45) is 13.0 Å². The van der Waals surface area contributed by atoms with Gasteiger partial charge in [0.1, 0.15) is 5.75 Å². The minimum absolute atomic E-state index is 0.115. The number of aliphatic hydroxyl groups excluding tert-OH is 1. The molecular formula is C28H37N5O3. The Kier molecular flexibility index (Phi) is 7.43. The largest absolute Gasteiger partial charge is 0.495 e. The number of piperazine rings is 1. The second-order valence-corrected chi connectivity index (χ2v) is 10.1. The number of hydrogen-bond acceptors (Lipinski definition) is 6. The third-order valence-corrected chi connectivity index (χ3v) is 7.75. The smallest absolute Gasteiger partial charge is 0.255 e. The number of carbonyl (C=O) groups excluding carboxylic acids is 1. The lowest BCUT2D eigenvalue weighted by Crippen LogP contribution is -2.45. The molecule has 36 heavy (non-hydrogen) atoms. The number of hydrogen-bond donors (Lipinski definition) is 2. The van der Waals surface area contributed by atoms with E-state index in [1.165, 1.54) is 0 Å². The molecule has 1 aliphatic heterocycles. The summed E-state index contributed by atoms with van der Waals surface area (Å²) in [5.41, 5.74) is 2.85. The molecule has 2 aromatic carbocycles. The Bertz CT molecular complexity index is 1200. The van der Waals surface area contributed by atoms with Crippen LogP contribution in [-0.4, -0.2) is 71.6 Å². The van der Waals surface area contributed by atoms with Gasteiger partial charge in [0.25, 0.3) is 5.91 Å². The normalized spacial score (nSPS) is 21.0. The summed E-state index contributed by atoms with van der Waals surface area (Å²) in [7, 11) is 3.57. The molecule has 2 unspecified atom stereocenters. The van der Waals surface area contributed by atoms with Gasteiger partial charge in [0.05, 0.1) is 30.7 Å². The first-order chi connectivity index (χ1) is 17.5. The van der Waals surface area contributed by atoms with Gasteiger partial charge in [-0.15, -0.1) is 0 Å². The Morgan fingerprint density at radius 1 is 1.14 bits per heavy atom. The Morgan fingerprint density at radius 2 is 1.89 bits per heavy atom. The molecule has 1 saturated heterocycles. The van der Waals surface area contributed by atoms with Crippen LogP contribution in [-0.2, 0) is 13.6 Å². The third kappa shape index (κ3) is 5.20. The topological polar surface area (TPSA) is 82.9 Å². The lowest BCUT2D eigenvalue weighted by atomic mass is 9.86. The number of amides is 1. The molecule has 8 nitrogen and oxygen atoms in total. The van der Waals surface area contributed by atoms with E-state index in [0.29, 0.717) is 17.9 Å². The third-order valence-electron chi connectivity index (χ3n) is 7.75. The minimum Gasteiger partial charge on any atom is -0.495 e. The van der Waals surface area contributed by atoms with Crippen LogP contribution in [0.5, 0.6) is 5.75 Å². The monoisotopic (exact) mass is 491 g/mol. The van der Waals surface area contributed by atoms with E-state index in [0.717, 1.165) is 80.4 Å². The number of fused-ring (bicyclic) bond motifs is 1. The van der Waals surface area contributed by atoms with Crippen LogP contribution >= 0.6 is 0 Å². The molecule has 2 fully saturated rings. The average molecular weight is 492 g/mol. The molecule has 5 rings (SSSR count). The van der Waals surface area contributed by atoms with Gasteiger partial charge >= 0.3 is 0 Å². The fraction of sp³-hybridized carbons (Fsp3) is 0.500. The van der Waals surface area contributed by atoms with Gasteiger partial charge in [-0.25, -0.2) is 0 Å². The standard InChI is InChI=1S/C28H37N5O3/c1-31-19-22(17-30-31)33-13-11-32(12-14-33)18-21-15-25(27(36-2)24-9-5-4-8-23(21)24)28(35)29-16-20-7-3-6-10-26(20)34/h4-5,8-9,15,17,19-20,26,34H,3,6-7,10-14,16,18H2,1-2H3,(H,29,35). The number of aromatic nitrogens is 2. The summed E-state index contributed by atoms with van der Waals surface area (Å²) in [5, 5.41) is 19.8. The molecular weight excluding hydrogens is 454 g/mol. The van der Waals surface area contributed by atoms with Crippen molar-refractivity contribution in [2.45, 2.75) is 38.3 Å². The van der Waals surface area contributed by atoms with Crippen molar-refractivity contribution in [1.82, 2.24) is 20.0 Å². The molecule has 192 valence electrons. The van der Waals surface area contributed by atoms with E-state index in [1.54, 1.807) is 7.11 Å². The highest BCUT2D eigenvalue weighted by Gasteiger charge is 2.26. The average Bonchev–Trinajstić information content (AvgIpc) is 3.34.